The van der Waals surface area contributed by atoms with Crippen molar-refractivity contribution >= 4 is 31.6 Å². The van der Waals surface area contributed by atoms with Gasteiger partial charge < -0.3 is 0 Å². The van der Waals surface area contributed by atoms with E-state index >= 15 is 0 Å². The molecule has 0 amide bonds. The van der Waals surface area contributed by atoms with Crippen LogP contribution in [0.25, 0.3) is 0 Å². The molecule has 0 rings (SSSR count). The molecule has 0 atom stereocenters. The van der Waals surface area contributed by atoms with Crippen molar-refractivity contribution in [1.29, 1.82) is 0 Å². The SMILES string of the molecule is [CH2]=[Sn]([CH3])[Cl]. The fourth-order valence-corrected chi connectivity index (χ4v) is 0. The summed E-state index contributed by atoms with van der Waals surface area (Å²) in [4.78, 5) is 2.02. The molecule has 0 unspecified atom stereocenters. The van der Waals surface area contributed by atoms with Crippen LogP contribution in [0.5, 0.6) is 0 Å². The van der Waals surface area contributed by atoms with E-state index in [-0.39, 0.29) is 0 Å². The van der Waals surface area contributed by atoms with Crippen molar-refractivity contribution in [3.05, 3.63) is 0 Å². The van der Waals surface area contributed by atoms with Gasteiger partial charge in [-0.15, -0.1) is 0 Å². The molecule has 0 N–H and O–H groups in total. The zero-order valence-electron chi connectivity index (χ0n) is 2.59. The van der Waals surface area contributed by atoms with Crippen molar-refractivity contribution in [3.63, 3.8) is 0 Å². The Kier molecular flexibility index (Phi) is 2.74. The monoisotopic (exact) mass is 184 g/mol. The van der Waals surface area contributed by atoms with Crippen LogP contribution in [0.3, 0.4) is 0 Å². The van der Waals surface area contributed by atoms with Crippen LogP contribution in [0.1, 0.15) is 0 Å². The van der Waals surface area contributed by atoms with Gasteiger partial charge in [-0.05, 0) is 0 Å². The molecule has 0 aromatic carbocycles. The van der Waals surface area contributed by atoms with Gasteiger partial charge >= 0.3 is 36.5 Å². The van der Waals surface area contributed by atoms with E-state index in [2.05, 4.69) is 4.52 Å². The first kappa shape index (κ1) is 4.96. The molecule has 0 bridgehead atoms. The average Bonchev–Trinajstić information content (AvgIpc) is 0.811. The normalized spacial score (nSPS) is 6.50. The van der Waals surface area contributed by atoms with Crippen LogP contribution in [-0.4, -0.2) is 22.7 Å². The van der Waals surface area contributed by atoms with Gasteiger partial charge in [0.15, 0.2) is 0 Å². The summed E-state index contributed by atoms with van der Waals surface area (Å²) in [5.41, 5.74) is 0. The molecule has 0 aliphatic rings. The number of rotatable bonds is 0. The summed E-state index contributed by atoms with van der Waals surface area (Å²) >= 11 is -1.32. The summed E-state index contributed by atoms with van der Waals surface area (Å²) < 4.78 is 3.60. The van der Waals surface area contributed by atoms with E-state index in [1.54, 1.807) is 0 Å². The molecular weight excluding hydrogens is 178 g/mol. The predicted molar refractivity (Wildman–Crippen MR) is 24.6 cm³/mol. The standard InChI is InChI=1S/CH3.CH2.ClH.Sn/h1H3;1H2;1H;/q;;;+1/p-1. The molecule has 0 fully saturated rings. The van der Waals surface area contributed by atoms with Gasteiger partial charge in [-0.25, -0.2) is 0 Å². The van der Waals surface area contributed by atoms with Crippen molar-refractivity contribution in [1.82, 2.24) is 0 Å². The van der Waals surface area contributed by atoms with Gasteiger partial charge in [0, 0.05) is 0 Å². The first-order chi connectivity index (χ1) is 1.73. The number of hydrogen-bond donors (Lipinski definition) is 0. The molecule has 2 heteroatoms. The van der Waals surface area contributed by atoms with E-state index in [1.165, 1.54) is 0 Å². The van der Waals surface area contributed by atoms with Gasteiger partial charge in [-0.2, -0.15) is 0 Å². The van der Waals surface area contributed by atoms with Crippen molar-refractivity contribution in [2.75, 3.05) is 0 Å². The Morgan fingerprint density at radius 1 is 2.00 bits per heavy atom. The molecule has 0 aromatic heterocycles. The number of hydrogen-bond acceptors (Lipinski definition) is 0. The summed E-state index contributed by atoms with van der Waals surface area (Å²) in [6.45, 7) is 0. The second kappa shape index (κ2) is 2.21. The van der Waals surface area contributed by atoms with Crippen LogP contribution in [-0.2, 0) is 0 Å². The average molecular weight is 183 g/mol. The van der Waals surface area contributed by atoms with Crippen molar-refractivity contribution in [3.8, 4) is 0 Å². The Labute approximate surface area is 36.7 Å². The minimum absolute atomic E-state index is 1.32. The van der Waals surface area contributed by atoms with Crippen LogP contribution in [0.15, 0.2) is 0 Å². The molecule has 0 aromatic rings. The molecule has 0 aliphatic heterocycles. The molecule has 0 spiro atoms. The van der Waals surface area contributed by atoms with Gasteiger partial charge in [0.1, 0.15) is 0 Å². The Morgan fingerprint density at radius 3 is 2.00 bits per heavy atom. The van der Waals surface area contributed by atoms with Crippen LogP contribution in [0.4, 0.5) is 0 Å². The molecule has 0 nitrogen and oxygen atoms in total. The molecular formula is C2H5ClSn. The van der Waals surface area contributed by atoms with Gasteiger partial charge in [-0.1, -0.05) is 0 Å². The molecule has 0 aliphatic carbocycles. The second-order valence-electron chi connectivity index (χ2n) is 0.676. The molecule has 24 valence electrons. The summed E-state index contributed by atoms with van der Waals surface area (Å²) in [5.74, 6) is 0. The first-order valence-corrected chi connectivity index (χ1v) is 9.53. The fraction of sp³-hybridized carbons (Fsp3) is 0.500. The van der Waals surface area contributed by atoms with E-state index in [4.69, 9.17) is 8.92 Å². The van der Waals surface area contributed by atoms with Crippen LogP contribution < -0.4 is 0 Å². The van der Waals surface area contributed by atoms with Crippen molar-refractivity contribution < 1.29 is 0 Å². The summed E-state index contributed by atoms with van der Waals surface area (Å²) in [6.07, 6.45) is 0. The van der Waals surface area contributed by atoms with Crippen LogP contribution in [0, 0.1) is 0 Å². The quantitative estimate of drug-likeness (QED) is 0.489. The maximum atomic E-state index is 5.36. The third kappa shape index (κ3) is 12.4. The third-order valence-corrected chi connectivity index (χ3v) is 0. The maximum absolute atomic E-state index is 5.36. The minimum atomic E-state index is -1.32. The van der Waals surface area contributed by atoms with Crippen LogP contribution in [0.2, 0.25) is 4.94 Å². The van der Waals surface area contributed by atoms with Gasteiger partial charge in [-0.3, -0.25) is 0 Å². The van der Waals surface area contributed by atoms with Gasteiger partial charge in [0.25, 0.3) is 0 Å². The summed E-state index contributed by atoms with van der Waals surface area (Å²) in [5, 5.41) is 0. The van der Waals surface area contributed by atoms with E-state index in [9.17, 15) is 0 Å². The van der Waals surface area contributed by atoms with E-state index in [0.717, 1.165) is 0 Å². The van der Waals surface area contributed by atoms with Gasteiger partial charge in [0.2, 0.25) is 0 Å². The fourth-order valence-electron chi connectivity index (χ4n) is 0. The third-order valence-electron chi connectivity index (χ3n) is 0. The molecule has 0 heterocycles. The van der Waals surface area contributed by atoms with Gasteiger partial charge in [0.05, 0.1) is 0 Å². The Balaban J connectivity index is 2.80. The molecule has 4 heavy (non-hydrogen) atoms. The second-order valence-corrected chi connectivity index (χ2v) is 8.86. The Bertz CT molecular complexity index is 29.0. The van der Waals surface area contributed by atoms with E-state index < -0.39 is 18.2 Å². The first-order valence-electron chi connectivity index (χ1n) is 1.04. The molecule has 0 saturated carbocycles. The summed E-state index contributed by atoms with van der Waals surface area (Å²) in [7, 11) is 5.36. The molecule has 0 saturated heterocycles. The number of halogens is 1. The zero-order chi connectivity index (χ0) is 3.58. The Morgan fingerprint density at radius 2 is 2.00 bits per heavy atom. The zero-order valence-corrected chi connectivity index (χ0v) is 6.20. The summed E-state index contributed by atoms with van der Waals surface area (Å²) in [6, 6.07) is 0. The van der Waals surface area contributed by atoms with Crippen LogP contribution >= 0.6 is 8.92 Å². The Hall–Kier alpha value is 0.959. The van der Waals surface area contributed by atoms with E-state index in [1.807, 2.05) is 4.94 Å². The van der Waals surface area contributed by atoms with Crippen molar-refractivity contribution in [2.24, 2.45) is 0 Å². The topological polar surface area (TPSA) is 0 Å². The predicted octanol–water partition coefficient (Wildman–Crippen LogP) is 0.860. The van der Waals surface area contributed by atoms with E-state index in [0.29, 0.717) is 0 Å². The van der Waals surface area contributed by atoms with Crippen molar-refractivity contribution in [2.45, 2.75) is 4.94 Å². The molecule has 0 radical (unpaired) electrons.